The molecule has 0 saturated carbocycles. The highest BCUT2D eigenvalue weighted by Crippen LogP contribution is 2.32. The van der Waals surface area contributed by atoms with E-state index in [1.807, 2.05) is 30.3 Å². The molecule has 0 atom stereocenters. The molecule has 0 unspecified atom stereocenters. The zero-order valence-corrected chi connectivity index (χ0v) is 17.9. The molecule has 0 spiro atoms. The molecule has 0 saturated heterocycles. The lowest BCUT2D eigenvalue weighted by molar-refractivity contribution is 0.0697. The molecule has 0 aliphatic carbocycles. The van der Waals surface area contributed by atoms with Crippen molar-refractivity contribution in [1.82, 2.24) is 5.32 Å². The summed E-state index contributed by atoms with van der Waals surface area (Å²) in [6.07, 6.45) is 0. The highest BCUT2D eigenvalue weighted by atomic mass is 35.5. The first kappa shape index (κ1) is 23.3. The van der Waals surface area contributed by atoms with E-state index in [2.05, 4.69) is 36.5 Å². The van der Waals surface area contributed by atoms with Crippen LogP contribution in [-0.4, -0.2) is 18.2 Å². The third-order valence-corrected chi connectivity index (χ3v) is 4.63. The molecule has 30 heavy (non-hydrogen) atoms. The molecule has 0 aliphatic heterocycles. The number of carboxylic acid groups (broad SMARTS) is 1. The predicted molar refractivity (Wildman–Crippen MR) is 120 cm³/mol. The van der Waals surface area contributed by atoms with E-state index in [4.69, 9.17) is 14.6 Å². The number of aromatic carboxylic acids is 1. The molecule has 5 nitrogen and oxygen atoms in total. The van der Waals surface area contributed by atoms with E-state index in [0.717, 1.165) is 22.4 Å². The van der Waals surface area contributed by atoms with Crippen molar-refractivity contribution < 1.29 is 19.4 Å². The molecule has 158 valence electrons. The molecule has 3 aromatic rings. The highest BCUT2D eigenvalue weighted by molar-refractivity contribution is 5.87. The summed E-state index contributed by atoms with van der Waals surface area (Å²) >= 11 is 0. The van der Waals surface area contributed by atoms with Crippen LogP contribution in [0.15, 0.2) is 66.7 Å². The maximum atomic E-state index is 10.9. The number of aryl methyl sites for hydroxylation is 1. The second-order valence-electron chi connectivity index (χ2n) is 6.83. The zero-order chi connectivity index (χ0) is 20.6. The standard InChI is InChI=1S/C24H25NO4.ClH/c1-17-6-8-19(9-7-17)16-29-23-21(4-3-5-22(23)28-2)15-25-14-18-10-12-20(13-11-18)24(26)27;/h3-13,25H,14-16H2,1-2H3,(H,26,27);1H. The van der Waals surface area contributed by atoms with Gasteiger partial charge < -0.3 is 19.9 Å². The van der Waals surface area contributed by atoms with Gasteiger partial charge in [-0.1, -0.05) is 54.1 Å². The van der Waals surface area contributed by atoms with Gasteiger partial charge in [0.1, 0.15) is 6.61 Å². The lowest BCUT2D eigenvalue weighted by Gasteiger charge is -2.16. The predicted octanol–water partition coefficient (Wildman–Crippen LogP) is 4.99. The van der Waals surface area contributed by atoms with Gasteiger partial charge in [-0.15, -0.1) is 12.4 Å². The summed E-state index contributed by atoms with van der Waals surface area (Å²) in [4.78, 5) is 10.9. The Labute approximate surface area is 183 Å². The second kappa shape index (κ2) is 11.2. The highest BCUT2D eigenvalue weighted by Gasteiger charge is 2.11. The number of ether oxygens (including phenoxy) is 2. The van der Waals surface area contributed by atoms with Crippen molar-refractivity contribution in [2.45, 2.75) is 26.6 Å². The van der Waals surface area contributed by atoms with E-state index >= 15 is 0 Å². The normalized spacial score (nSPS) is 10.2. The fourth-order valence-electron chi connectivity index (χ4n) is 2.97. The van der Waals surface area contributed by atoms with E-state index < -0.39 is 5.97 Å². The number of rotatable bonds is 9. The Morgan fingerprint density at radius 3 is 2.23 bits per heavy atom. The Hall–Kier alpha value is -3.02. The van der Waals surface area contributed by atoms with Gasteiger partial charge in [-0.2, -0.15) is 0 Å². The maximum absolute atomic E-state index is 10.9. The van der Waals surface area contributed by atoms with Crippen LogP contribution in [0.3, 0.4) is 0 Å². The summed E-state index contributed by atoms with van der Waals surface area (Å²) in [5.41, 5.74) is 4.61. The van der Waals surface area contributed by atoms with Crippen LogP contribution in [0.1, 0.15) is 32.6 Å². The summed E-state index contributed by atoms with van der Waals surface area (Å²) < 4.78 is 11.6. The summed E-state index contributed by atoms with van der Waals surface area (Å²) in [5, 5.41) is 12.4. The number of carboxylic acids is 1. The molecule has 6 heteroatoms. The van der Waals surface area contributed by atoms with Crippen LogP contribution >= 0.6 is 12.4 Å². The lowest BCUT2D eigenvalue weighted by atomic mass is 10.1. The molecule has 0 aromatic heterocycles. The van der Waals surface area contributed by atoms with Crippen molar-refractivity contribution in [3.05, 3.63) is 94.5 Å². The van der Waals surface area contributed by atoms with Crippen molar-refractivity contribution in [2.24, 2.45) is 0 Å². The van der Waals surface area contributed by atoms with Gasteiger partial charge in [-0.3, -0.25) is 0 Å². The molecular formula is C24H26ClNO4. The average Bonchev–Trinajstić information content (AvgIpc) is 2.74. The average molecular weight is 428 g/mol. The maximum Gasteiger partial charge on any atom is 0.335 e. The minimum atomic E-state index is -0.920. The van der Waals surface area contributed by atoms with Crippen LogP contribution in [0.4, 0.5) is 0 Å². The van der Waals surface area contributed by atoms with Crippen molar-refractivity contribution in [1.29, 1.82) is 0 Å². The van der Waals surface area contributed by atoms with Gasteiger partial charge >= 0.3 is 5.97 Å². The fraction of sp³-hybridized carbons (Fsp3) is 0.208. The van der Waals surface area contributed by atoms with Gasteiger partial charge in [-0.05, 0) is 36.2 Å². The smallest absolute Gasteiger partial charge is 0.335 e. The van der Waals surface area contributed by atoms with Gasteiger partial charge in [0.05, 0.1) is 12.7 Å². The van der Waals surface area contributed by atoms with Gasteiger partial charge in [-0.25, -0.2) is 4.79 Å². The molecule has 3 rings (SSSR count). The van der Waals surface area contributed by atoms with Crippen LogP contribution in [0.25, 0.3) is 0 Å². The number of hydrogen-bond acceptors (Lipinski definition) is 4. The third-order valence-electron chi connectivity index (χ3n) is 4.63. The molecule has 0 aliphatic rings. The van der Waals surface area contributed by atoms with Crippen molar-refractivity contribution >= 4 is 18.4 Å². The molecule has 3 aromatic carbocycles. The molecule has 0 radical (unpaired) electrons. The Kier molecular flexibility index (Phi) is 8.71. The van der Waals surface area contributed by atoms with E-state index in [1.54, 1.807) is 19.2 Å². The first-order chi connectivity index (χ1) is 14.1. The first-order valence-electron chi connectivity index (χ1n) is 9.44. The summed E-state index contributed by atoms with van der Waals surface area (Å²) in [7, 11) is 1.63. The minimum absolute atomic E-state index is 0. The number of nitrogens with one attached hydrogen (secondary N) is 1. The molecular weight excluding hydrogens is 402 g/mol. The SMILES string of the molecule is COc1cccc(CNCc2ccc(C(=O)O)cc2)c1OCc1ccc(C)cc1.Cl. The van der Waals surface area contributed by atoms with Gasteiger partial charge in [0, 0.05) is 18.7 Å². The Bertz CT molecular complexity index is 956. The topological polar surface area (TPSA) is 67.8 Å². The van der Waals surface area contributed by atoms with E-state index in [9.17, 15) is 4.79 Å². The number of para-hydroxylation sites is 1. The Morgan fingerprint density at radius 1 is 0.933 bits per heavy atom. The zero-order valence-electron chi connectivity index (χ0n) is 17.1. The van der Waals surface area contributed by atoms with Gasteiger partial charge in [0.2, 0.25) is 0 Å². The van der Waals surface area contributed by atoms with Gasteiger partial charge in [0.25, 0.3) is 0 Å². The number of halogens is 1. The van der Waals surface area contributed by atoms with Crippen LogP contribution in [0.5, 0.6) is 11.5 Å². The van der Waals surface area contributed by atoms with E-state index in [-0.39, 0.29) is 18.0 Å². The first-order valence-corrected chi connectivity index (χ1v) is 9.44. The minimum Gasteiger partial charge on any atom is -0.493 e. The number of carbonyl (C=O) groups is 1. The van der Waals surface area contributed by atoms with E-state index in [1.165, 1.54) is 5.56 Å². The number of hydrogen-bond donors (Lipinski definition) is 2. The van der Waals surface area contributed by atoms with Gasteiger partial charge in [0.15, 0.2) is 11.5 Å². The van der Waals surface area contributed by atoms with Crippen molar-refractivity contribution in [3.8, 4) is 11.5 Å². The van der Waals surface area contributed by atoms with Crippen molar-refractivity contribution in [2.75, 3.05) is 7.11 Å². The molecule has 0 bridgehead atoms. The van der Waals surface area contributed by atoms with Crippen LogP contribution in [-0.2, 0) is 19.7 Å². The van der Waals surface area contributed by atoms with E-state index in [0.29, 0.717) is 25.4 Å². The fourth-order valence-corrected chi connectivity index (χ4v) is 2.97. The van der Waals surface area contributed by atoms with Crippen molar-refractivity contribution in [3.63, 3.8) is 0 Å². The summed E-state index contributed by atoms with van der Waals surface area (Å²) in [5.74, 6) is 0.503. The Morgan fingerprint density at radius 2 is 1.60 bits per heavy atom. The van der Waals surface area contributed by atoms with Crippen LogP contribution < -0.4 is 14.8 Å². The molecule has 0 amide bonds. The summed E-state index contributed by atoms with van der Waals surface area (Å²) in [6.45, 7) is 3.74. The largest absolute Gasteiger partial charge is 0.493 e. The molecule has 0 fully saturated rings. The molecule has 2 N–H and O–H groups in total. The monoisotopic (exact) mass is 427 g/mol. The number of benzene rings is 3. The second-order valence-corrected chi connectivity index (χ2v) is 6.83. The summed E-state index contributed by atoms with van der Waals surface area (Å²) in [6, 6.07) is 20.9. The molecule has 0 heterocycles. The lowest BCUT2D eigenvalue weighted by Crippen LogP contribution is -2.14. The van der Waals surface area contributed by atoms with Crippen LogP contribution in [0, 0.1) is 6.92 Å². The van der Waals surface area contributed by atoms with Crippen LogP contribution in [0.2, 0.25) is 0 Å². The third kappa shape index (κ3) is 6.24. The number of methoxy groups -OCH3 is 1. The quantitative estimate of drug-likeness (QED) is 0.503. The Balaban J connectivity index is 0.00000320.